The average molecular weight is 556 g/mol. The molecule has 0 bridgehead atoms. The van der Waals surface area contributed by atoms with Crippen LogP contribution in [0.25, 0.3) is 22.6 Å². The van der Waals surface area contributed by atoms with Crippen LogP contribution < -0.4 is 15.8 Å². The van der Waals surface area contributed by atoms with Crippen LogP contribution in [0.3, 0.4) is 0 Å². The summed E-state index contributed by atoms with van der Waals surface area (Å²) in [6, 6.07) is 4.57. The fourth-order valence-electron chi connectivity index (χ4n) is 4.74. The number of ether oxygens (including phenoxy) is 1. The maximum absolute atomic E-state index is 14.2. The number of alkyl halides is 5. The number of fused-ring (bicyclic) bond motifs is 3. The highest BCUT2D eigenvalue weighted by Gasteiger charge is 2.45. The van der Waals surface area contributed by atoms with E-state index >= 15 is 0 Å². The van der Waals surface area contributed by atoms with Crippen molar-refractivity contribution in [2.75, 3.05) is 7.11 Å². The van der Waals surface area contributed by atoms with Gasteiger partial charge in [0.1, 0.15) is 17.0 Å². The molecule has 0 radical (unpaired) electrons. The molecular weight excluding hydrogens is 529 g/mol. The van der Waals surface area contributed by atoms with Gasteiger partial charge in [0, 0.05) is 18.5 Å². The molecule has 0 fully saturated rings. The van der Waals surface area contributed by atoms with E-state index in [-0.39, 0.29) is 29.3 Å². The second-order valence-corrected chi connectivity index (χ2v) is 9.81. The molecule has 1 aliphatic rings. The molecule has 2 aromatic heterocycles. The standard InChI is InChI=1S/C24H26F5N7O3/c1-22(21(30)38,11-24(27,28)29)31-20(37)16-7-13(10-23(2,25)26)18-14-9-15(19-32-34-35(3)33-19)17(39-4)8-12(14)5-6-36(16)18/h7-9H,5-6,10-11H2,1-4H3,(H2,30,38)(H,31,37)/t22-/m0/s1. The summed E-state index contributed by atoms with van der Waals surface area (Å²) in [7, 11) is 3.02. The Morgan fingerprint density at radius 1 is 1.13 bits per heavy atom. The maximum atomic E-state index is 14.2. The first-order valence-corrected chi connectivity index (χ1v) is 11.8. The number of nitrogens with one attached hydrogen (secondary N) is 1. The number of primary amides is 1. The quantitative estimate of drug-likeness (QED) is 0.411. The lowest BCUT2D eigenvalue weighted by Gasteiger charge is -2.29. The van der Waals surface area contributed by atoms with Crippen LogP contribution in [0.4, 0.5) is 22.0 Å². The minimum Gasteiger partial charge on any atom is -0.496 e. The minimum atomic E-state index is -4.81. The molecule has 3 aromatic rings. The van der Waals surface area contributed by atoms with Gasteiger partial charge in [-0.3, -0.25) is 9.59 Å². The number of aryl methyl sites for hydroxylation is 2. The number of tetrazole rings is 1. The Morgan fingerprint density at radius 3 is 2.36 bits per heavy atom. The summed E-state index contributed by atoms with van der Waals surface area (Å²) >= 11 is 0. The van der Waals surface area contributed by atoms with Gasteiger partial charge in [-0.15, -0.1) is 10.2 Å². The van der Waals surface area contributed by atoms with E-state index < -0.39 is 42.3 Å². The van der Waals surface area contributed by atoms with Gasteiger partial charge in [0.2, 0.25) is 17.7 Å². The molecule has 210 valence electrons. The molecule has 2 amide bonds. The first-order chi connectivity index (χ1) is 18.0. The molecule has 0 saturated heterocycles. The summed E-state index contributed by atoms with van der Waals surface area (Å²) < 4.78 is 74.9. The molecule has 39 heavy (non-hydrogen) atoms. The molecule has 1 atom stereocenters. The van der Waals surface area contributed by atoms with Crippen molar-refractivity contribution in [3.8, 4) is 28.4 Å². The molecule has 4 rings (SSSR count). The molecule has 3 N–H and O–H groups in total. The third-order valence-electron chi connectivity index (χ3n) is 6.43. The minimum absolute atomic E-state index is 0.0911. The number of benzene rings is 1. The zero-order chi connectivity index (χ0) is 28.9. The van der Waals surface area contributed by atoms with Crippen LogP contribution in [-0.2, 0) is 31.2 Å². The molecular formula is C24H26F5N7O3. The average Bonchev–Trinajstić information content (AvgIpc) is 3.39. The van der Waals surface area contributed by atoms with E-state index in [2.05, 4.69) is 20.7 Å². The summed E-state index contributed by atoms with van der Waals surface area (Å²) in [5.74, 6) is -4.98. The number of methoxy groups -OCH3 is 1. The van der Waals surface area contributed by atoms with Gasteiger partial charge in [0.15, 0.2) is 0 Å². The Kier molecular flexibility index (Phi) is 6.89. The summed E-state index contributed by atoms with van der Waals surface area (Å²) in [6.45, 7) is 1.74. The second kappa shape index (κ2) is 9.61. The predicted molar refractivity (Wildman–Crippen MR) is 128 cm³/mol. The molecule has 1 aromatic carbocycles. The molecule has 0 aliphatic carbocycles. The van der Waals surface area contributed by atoms with Crippen LogP contribution in [-0.4, -0.2) is 61.3 Å². The Morgan fingerprint density at radius 2 is 1.82 bits per heavy atom. The number of amides is 2. The van der Waals surface area contributed by atoms with Crippen LogP contribution in [0, 0.1) is 0 Å². The number of rotatable bonds is 8. The highest BCUT2D eigenvalue weighted by Crippen LogP contribution is 2.42. The lowest BCUT2D eigenvalue weighted by molar-refractivity contribution is -0.156. The van der Waals surface area contributed by atoms with Crippen molar-refractivity contribution in [1.29, 1.82) is 0 Å². The number of aromatic nitrogens is 5. The highest BCUT2D eigenvalue weighted by atomic mass is 19.4. The van der Waals surface area contributed by atoms with Gasteiger partial charge in [0.05, 0.1) is 31.8 Å². The largest absolute Gasteiger partial charge is 0.496 e. The number of carbonyl (C=O) groups is 2. The van der Waals surface area contributed by atoms with Crippen molar-refractivity contribution in [1.82, 2.24) is 30.1 Å². The zero-order valence-corrected chi connectivity index (χ0v) is 21.5. The lowest BCUT2D eigenvalue weighted by Crippen LogP contribution is -2.57. The van der Waals surface area contributed by atoms with E-state index in [1.54, 1.807) is 19.2 Å². The van der Waals surface area contributed by atoms with Gasteiger partial charge < -0.3 is 20.4 Å². The van der Waals surface area contributed by atoms with Gasteiger partial charge in [0.25, 0.3) is 5.91 Å². The Bertz CT molecular complexity index is 1440. The van der Waals surface area contributed by atoms with Crippen LogP contribution in [0.2, 0.25) is 0 Å². The number of halogens is 5. The number of hydrogen-bond acceptors (Lipinski definition) is 6. The molecule has 0 unspecified atom stereocenters. The molecule has 10 nitrogen and oxygen atoms in total. The Balaban J connectivity index is 1.86. The number of hydrogen-bond donors (Lipinski definition) is 2. The van der Waals surface area contributed by atoms with E-state index in [1.165, 1.54) is 22.5 Å². The zero-order valence-electron chi connectivity index (χ0n) is 21.5. The van der Waals surface area contributed by atoms with Gasteiger partial charge >= 0.3 is 6.18 Å². The van der Waals surface area contributed by atoms with Gasteiger partial charge in [-0.05, 0) is 54.8 Å². The van der Waals surface area contributed by atoms with Gasteiger partial charge in [-0.2, -0.15) is 18.0 Å². The van der Waals surface area contributed by atoms with E-state index in [4.69, 9.17) is 10.5 Å². The maximum Gasteiger partial charge on any atom is 0.391 e. The number of nitrogens with two attached hydrogens (primary N) is 1. The Labute approximate surface area is 219 Å². The Hall–Kier alpha value is -4.04. The van der Waals surface area contributed by atoms with Crippen LogP contribution in [0.15, 0.2) is 18.2 Å². The first kappa shape index (κ1) is 28.0. The van der Waals surface area contributed by atoms with Crippen LogP contribution >= 0.6 is 0 Å². The summed E-state index contributed by atoms with van der Waals surface area (Å²) in [6.07, 6.45) is -6.92. The lowest BCUT2D eigenvalue weighted by atomic mass is 9.92. The molecule has 0 saturated carbocycles. The highest BCUT2D eigenvalue weighted by molar-refractivity contribution is 5.99. The van der Waals surface area contributed by atoms with E-state index in [0.717, 1.165) is 19.4 Å². The van der Waals surface area contributed by atoms with Crippen molar-refractivity contribution in [3.63, 3.8) is 0 Å². The third kappa shape index (κ3) is 5.71. The van der Waals surface area contributed by atoms with Crippen molar-refractivity contribution < 1.29 is 36.3 Å². The summed E-state index contributed by atoms with van der Waals surface area (Å²) in [5.41, 5.74) is 4.59. The topological polar surface area (TPSA) is 130 Å². The predicted octanol–water partition coefficient (Wildman–Crippen LogP) is 3.03. The van der Waals surface area contributed by atoms with Crippen LogP contribution in [0.1, 0.15) is 41.9 Å². The molecule has 3 heterocycles. The molecule has 0 spiro atoms. The van der Waals surface area contributed by atoms with Crippen LogP contribution in [0.5, 0.6) is 5.75 Å². The monoisotopic (exact) mass is 555 g/mol. The van der Waals surface area contributed by atoms with E-state index in [0.29, 0.717) is 23.3 Å². The normalized spacial score (nSPS) is 14.8. The SMILES string of the molecule is COc1cc2c(cc1-c1nnn(C)n1)-c1c(CC(C)(F)F)cc(C(=O)N[C@@](C)(CC(F)(F)F)C(N)=O)n1CC2. The fourth-order valence-corrected chi connectivity index (χ4v) is 4.74. The fraction of sp³-hybridized carbons (Fsp3) is 0.458. The number of nitrogens with zero attached hydrogens (tertiary/aromatic N) is 5. The third-order valence-corrected chi connectivity index (χ3v) is 6.43. The second-order valence-electron chi connectivity index (χ2n) is 9.81. The molecule has 1 aliphatic heterocycles. The smallest absolute Gasteiger partial charge is 0.391 e. The van der Waals surface area contributed by atoms with Crippen molar-refractivity contribution in [2.24, 2.45) is 12.8 Å². The van der Waals surface area contributed by atoms with E-state index in [9.17, 15) is 31.5 Å². The van der Waals surface area contributed by atoms with Crippen molar-refractivity contribution in [2.45, 2.75) is 57.3 Å². The summed E-state index contributed by atoms with van der Waals surface area (Å²) in [5, 5.41) is 14.1. The van der Waals surface area contributed by atoms with E-state index in [1.807, 2.05) is 0 Å². The van der Waals surface area contributed by atoms with Crippen molar-refractivity contribution in [3.05, 3.63) is 35.0 Å². The number of carbonyl (C=O) groups excluding carboxylic acids is 2. The van der Waals surface area contributed by atoms with Gasteiger partial charge in [-0.25, -0.2) is 8.78 Å². The van der Waals surface area contributed by atoms with Crippen molar-refractivity contribution >= 4 is 11.8 Å². The molecule has 15 heteroatoms. The van der Waals surface area contributed by atoms with Gasteiger partial charge in [-0.1, -0.05) is 0 Å². The first-order valence-electron chi connectivity index (χ1n) is 11.8. The summed E-state index contributed by atoms with van der Waals surface area (Å²) in [4.78, 5) is 26.4.